The molecule has 5 nitrogen and oxygen atoms in total. The average Bonchev–Trinajstić information content (AvgIpc) is 3.26. The van der Waals surface area contributed by atoms with Gasteiger partial charge in [-0.05, 0) is 44.7 Å². The van der Waals surface area contributed by atoms with E-state index in [9.17, 15) is 0 Å². The zero-order valence-electron chi connectivity index (χ0n) is 15.6. The fourth-order valence-corrected chi connectivity index (χ4v) is 3.67. The summed E-state index contributed by atoms with van der Waals surface area (Å²) in [5.41, 5.74) is 1.63. The maximum Gasteiger partial charge on any atom is 0.193 e. The van der Waals surface area contributed by atoms with Gasteiger partial charge < -0.3 is 19.7 Å². The molecular weight excluding hydrogens is 314 g/mol. The molecule has 3 rings (SSSR count). The number of aryl methyl sites for hydroxylation is 1. The summed E-state index contributed by atoms with van der Waals surface area (Å²) in [6.07, 6.45) is 4.53. The van der Waals surface area contributed by atoms with Crippen LogP contribution < -0.4 is 10.1 Å². The molecule has 5 heteroatoms. The van der Waals surface area contributed by atoms with Gasteiger partial charge in [0.2, 0.25) is 0 Å². The Morgan fingerprint density at radius 3 is 2.84 bits per heavy atom. The average molecular weight is 345 g/mol. The van der Waals surface area contributed by atoms with E-state index in [-0.39, 0.29) is 0 Å². The Morgan fingerprint density at radius 2 is 2.12 bits per heavy atom. The number of nitrogens with one attached hydrogen (secondary N) is 1. The highest BCUT2D eigenvalue weighted by Crippen LogP contribution is 2.38. The van der Waals surface area contributed by atoms with Crippen molar-refractivity contribution in [1.82, 2.24) is 10.2 Å². The van der Waals surface area contributed by atoms with Gasteiger partial charge in [0, 0.05) is 38.7 Å². The molecule has 0 saturated carbocycles. The molecule has 2 saturated heterocycles. The number of guanidine groups is 1. The van der Waals surface area contributed by atoms with E-state index in [0.717, 1.165) is 64.0 Å². The molecule has 1 atom stereocenters. The SMILES string of the molecule is CN=C(NCCCCOc1ccc(C)cc1)N1CCC2(CCOC2)C1. The highest BCUT2D eigenvalue weighted by atomic mass is 16.5. The largest absolute Gasteiger partial charge is 0.494 e. The van der Waals surface area contributed by atoms with Crippen LogP contribution in [0.2, 0.25) is 0 Å². The second-order valence-electron chi connectivity index (χ2n) is 7.32. The first kappa shape index (κ1) is 18.1. The lowest BCUT2D eigenvalue weighted by Gasteiger charge is -2.24. The Bertz CT molecular complexity index is 565. The lowest BCUT2D eigenvalue weighted by atomic mass is 9.87. The zero-order valence-corrected chi connectivity index (χ0v) is 15.6. The maximum atomic E-state index is 5.78. The predicted octanol–water partition coefficient (Wildman–Crippen LogP) is 2.84. The quantitative estimate of drug-likeness (QED) is 0.489. The summed E-state index contributed by atoms with van der Waals surface area (Å²) < 4.78 is 11.4. The van der Waals surface area contributed by atoms with Crippen LogP contribution in [0, 0.1) is 12.3 Å². The molecule has 0 aromatic heterocycles. The van der Waals surface area contributed by atoms with Crippen molar-refractivity contribution in [2.75, 3.05) is 46.5 Å². The van der Waals surface area contributed by atoms with E-state index in [1.165, 1.54) is 18.4 Å². The summed E-state index contributed by atoms with van der Waals surface area (Å²) >= 11 is 0. The van der Waals surface area contributed by atoms with Gasteiger partial charge in [-0.3, -0.25) is 4.99 Å². The number of aliphatic imine (C=N–C) groups is 1. The smallest absolute Gasteiger partial charge is 0.193 e. The van der Waals surface area contributed by atoms with Crippen molar-refractivity contribution in [1.29, 1.82) is 0 Å². The molecule has 0 bridgehead atoms. The van der Waals surface area contributed by atoms with Crippen LogP contribution in [-0.2, 0) is 4.74 Å². The van der Waals surface area contributed by atoms with Crippen molar-refractivity contribution in [3.8, 4) is 5.75 Å². The van der Waals surface area contributed by atoms with E-state index in [4.69, 9.17) is 9.47 Å². The molecular formula is C20H31N3O2. The Kier molecular flexibility index (Phi) is 6.19. The van der Waals surface area contributed by atoms with Crippen LogP contribution in [0.15, 0.2) is 29.3 Å². The summed E-state index contributed by atoms with van der Waals surface area (Å²) in [5.74, 6) is 1.98. The van der Waals surface area contributed by atoms with E-state index >= 15 is 0 Å². The van der Waals surface area contributed by atoms with Gasteiger partial charge in [-0.1, -0.05) is 17.7 Å². The standard InChI is InChI=1S/C20H31N3O2/c1-17-5-7-18(8-6-17)25-13-4-3-11-22-19(21-2)23-12-9-20(15-23)10-14-24-16-20/h5-8H,3-4,9-16H2,1-2H3,(H,21,22). The molecule has 1 aromatic carbocycles. The summed E-state index contributed by atoms with van der Waals surface area (Å²) in [4.78, 5) is 6.84. The van der Waals surface area contributed by atoms with E-state index in [0.29, 0.717) is 5.41 Å². The van der Waals surface area contributed by atoms with Crippen LogP contribution in [0.25, 0.3) is 0 Å². The van der Waals surface area contributed by atoms with Crippen LogP contribution in [0.1, 0.15) is 31.2 Å². The zero-order chi connectivity index (χ0) is 17.5. The van der Waals surface area contributed by atoms with Crippen molar-refractivity contribution in [2.45, 2.75) is 32.6 Å². The monoisotopic (exact) mass is 345 g/mol. The van der Waals surface area contributed by atoms with Gasteiger partial charge in [0.05, 0.1) is 13.2 Å². The summed E-state index contributed by atoms with van der Waals surface area (Å²) in [6, 6.07) is 8.23. The number of hydrogen-bond donors (Lipinski definition) is 1. The molecule has 0 aliphatic carbocycles. The van der Waals surface area contributed by atoms with Crippen LogP contribution in [0.5, 0.6) is 5.75 Å². The first-order valence-corrected chi connectivity index (χ1v) is 9.44. The van der Waals surface area contributed by atoms with E-state index in [1.807, 2.05) is 19.2 Å². The molecule has 2 aliphatic heterocycles. The van der Waals surface area contributed by atoms with Crippen LogP contribution in [-0.4, -0.2) is 57.4 Å². The molecule has 2 aliphatic rings. The Hall–Kier alpha value is -1.75. The van der Waals surface area contributed by atoms with Crippen molar-refractivity contribution in [2.24, 2.45) is 10.4 Å². The van der Waals surface area contributed by atoms with E-state index in [2.05, 4.69) is 34.3 Å². The molecule has 138 valence electrons. The molecule has 1 spiro atoms. The molecule has 1 unspecified atom stereocenters. The third kappa shape index (κ3) is 4.88. The summed E-state index contributed by atoms with van der Waals surface area (Å²) in [6.45, 7) is 7.77. The normalized spacial score (nSPS) is 23.4. The fourth-order valence-electron chi connectivity index (χ4n) is 3.67. The Labute approximate surface area is 151 Å². The molecule has 0 radical (unpaired) electrons. The fraction of sp³-hybridized carbons (Fsp3) is 0.650. The summed E-state index contributed by atoms with van der Waals surface area (Å²) in [5, 5.41) is 3.50. The molecule has 1 N–H and O–H groups in total. The molecule has 2 heterocycles. The third-order valence-electron chi connectivity index (χ3n) is 5.28. The molecule has 0 amide bonds. The molecule has 1 aromatic rings. The van der Waals surface area contributed by atoms with Crippen molar-refractivity contribution in [3.63, 3.8) is 0 Å². The number of benzene rings is 1. The number of nitrogens with zero attached hydrogens (tertiary/aromatic N) is 2. The highest BCUT2D eigenvalue weighted by molar-refractivity contribution is 5.80. The van der Waals surface area contributed by atoms with E-state index in [1.54, 1.807) is 0 Å². The lowest BCUT2D eigenvalue weighted by Crippen LogP contribution is -2.41. The van der Waals surface area contributed by atoms with Gasteiger partial charge >= 0.3 is 0 Å². The third-order valence-corrected chi connectivity index (χ3v) is 5.28. The number of ether oxygens (including phenoxy) is 2. The maximum absolute atomic E-state index is 5.78. The number of unbranched alkanes of at least 4 members (excludes halogenated alkanes) is 1. The van der Waals surface area contributed by atoms with Gasteiger partial charge in [0.1, 0.15) is 5.75 Å². The Morgan fingerprint density at radius 1 is 1.28 bits per heavy atom. The summed E-state index contributed by atoms with van der Waals surface area (Å²) in [7, 11) is 1.87. The second kappa shape index (κ2) is 8.56. The van der Waals surface area contributed by atoms with Crippen LogP contribution in [0.4, 0.5) is 0 Å². The first-order chi connectivity index (χ1) is 12.2. The minimum Gasteiger partial charge on any atom is -0.494 e. The van der Waals surface area contributed by atoms with Gasteiger partial charge in [-0.2, -0.15) is 0 Å². The van der Waals surface area contributed by atoms with Crippen molar-refractivity contribution < 1.29 is 9.47 Å². The van der Waals surface area contributed by atoms with Crippen LogP contribution >= 0.6 is 0 Å². The lowest BCUT2D eigenvalue weighted by molar-refractivity contribution is 0.156. The van der Waals surface area contributed by atoms with Crippen LogP contribution in [0.3, 0.4) is 0 Å². The number of hydrogen-bond acceptors (Lipinski definition) is 3. The number of rotatable bonds is 6. The van der Waals surface area contributed by atoms with Gasteiger partial charge in [-0.15, -0.1) is 0 Å². The number of likely N-dealkylation sites (tertiary alicyclic amines) is 1. The first-order valence-electron chi connectivity index (χ1n) is 9.44. The minimum atomic E-state index is 0.375. The highest BCUT2D eigenvalue weighted by Gasteiger charge is 2.42. The van der Waals surface area contributed by atoms with Gasteiger partial charge in [0.15, 0.2) is 5.96 Å². The molecule has 2 fully saturated rings. The van der Waals surface area contributed by atoms with E-state index < -0.39 is 0 Å². The Balaban J connectivity index is 1.32. The van der Waals surface area contributed by atoms with Crippen molar-refractivity contribution >= 4 is 5.96 Å². The second-order valence-corrected chi connectivity index (χ2v) is 7.32. The van der Waals surface area contributed by atoms with Gasteiger partial charge in [-0.25, -0.2) is 0 Å². The predicted molar refractivity (Wildman–Crippen MR) is 101 cm³/mol. The van der Waals surface area contributed by atoms with Crippen molar-refractivity contribution in [3.05, 3.63) is 29.8 Å². The molecule has 25 heavy (non-hydrogen) atoms. The van der Waals surface area contributed by atoms with Gasteiger partial charge in [0.25, 0.3) is 0 Å². The topological polar surface area (TPSA) is 46.1 Å². The minimum absolute atomic E-state index is 0.375.